The molecule has 18 heavy (non-hydrogen) atoms. The predicted octanol–water partition coefficient (Wildman–Crippen LogP) is 3.26. The van der Waals surface area contributed by atoms with Crippen LogP contribution in [0.25, 0.3) is 0 Å². The van der Waals surface area contributed by atoms with E-state index in [1.165, 1.54) is 0 Å². The lowest BCUT2D eigenvalue weighted by atomic mass is 10.2. The fourth-order valence-electron chi connectivity index (χ4n) is 1.61. The summed E-state index contributed by atoms with van der Waals surface area (Å²) in [5.41, 5.74) is 1.88. The minimum Gasteiger partial charge on any atom is -0.493 e. The van der Waals surface area contributed by atoms with Crippen molar-refractivity contribution in [3.8, 4) is 23.8 Å². The molecule has 0 aromatic heterocycles. The van der Waals surface area contributed by atoms with Gasteiger partial charge in [0.2, 0.25) is 0 Å². The fraction of sp³-hybridized carbons (Fsp3) is 0.125. The predicted molar refractivity (Wildman–Crippen MR) is 71.7 cm³/mol. The van der Waals surface area contributed by atoms with Crippen LogP contribution >= 0.6 is 0 Å². The number of hydrogen-bond acceptors (Lipinski definition) is 2. The molecule has 0 atom stereocenters. The Morgan fingerprint density at radius 3 is 2.50 bits per heavy atom. The van der Waals surface area contributed by atoms with Crippen LogP contribution in [-0.2, 0) is 6.61 Å². The van der Waals surface area contributed by atoms with Crippen molar-refractivity contribution >= 4 is 0 Å². The Hall–Kier alpha value is -2.40. The van der Waals surface area contributed by atoms with E-state index in [9.17, 15) is 0 Å². The van der Waals surface area contributed by atoms with Crippen LogP contribution in [-0.4, -0.2) is 7.11 Å². The van der Waals surface area contributed by atoms with Crippen LogP contribution in [0.1, 0.15) is 11.1 Å². The van der Waals surface area contributed by atoms with Crippen LogP contribution in [0.2, 0.25) is 0 Å². The van der Waals surface area contributed by atoms with Gasteiger partial charge in [0.05, 0.1) is 7.11 Å². The lowest BCUT2D eigenvalue weighted by molar-refractivity contribution is 0.284. The normalized spacial score (nSPS) is 9.56. The summed E-state index contributed by atoms with van der Waals surface area (Å²) in [5, 5.41) is 0. The Labute approximate surface area is 107 Å². The number of hydrogen-bond donors (Lipinski definition) is 0. The van der Waals surface area contributed by atoms with E-state index >= 15 is 0 Å². The van der Waals surface area contributed by atoms with Crippen LogP contribution in [0, 0.1) is 12.3 Å². The third-order valence-electron chi connectivity index (χ3n) is 2.57. The molecular formula is C16H14O2. The summed E-state index contributed by atoms with van der Waals surface area (Å²) in [6.45, 7) is 0.491. The smallest absolute Gasteiger partial charge is 0.162 e. The van der Waals surface area contributed by atoms with Crippen molar-refractivity contribution in [2.45, 2.75) is 6.61 Å². The zero-order valence-corrected chi connectivity index (χ0v) is 10.2. The topological polar surface area (TPSA) is 18.5 Å². The molecule has 0 unspecified atom stereocenters. The molecule has 2 aromatic carbocycles. The lowest BCUT2D eigenvalue weighted by Gasteiger charge is -2.11. The van der Waals surface area contributed by atoms with E-state index in [0.29, 0.717) is 18.1 Å². The zero-order chi connectivity index (χ0) is 12.8. The van der Waals surface area contributed by atoms with E-state index in [2.05, 4.69) is 5.92 Å². The van der Waals surface area contributed by atoms with Crippen LogP contribution in [0.5, 0.6) is 11.5 Å². The molecule has 0 aliphatic rings. The summed E-state index contributed by atoms with van der Waals surface area (Å²) in [7, 11) is 1.61. The Kier molecular flexibility index (Phi) is 3.88. The molecule has 0 amide bonds. The van der Waals surface area contributed by atoms with Crippen molar-refractivity contribution in [1.82, 2.24) is 0 Å². The summed E-state index contributed by atoms with van der Waals surface area (Å²) in [4.78, 5) is 0. The van der Waals surface area contributed by atoms with Crippen LogP contribution < -0.4 is 9.47 Å². The minimum absolute atomic E-state index is 0.491. The summed E-state index contributed by atoms with van der Waals surface area (Å²) >= 11 is 0. The van der Waals surface area contributed by atoms with Crippen molar-refractivity contribution in [1.29, 1.82) is 0 Å². The van der Waals surface area contributed by atoms with Gasteiger partial charge in [0.15, 0.2) is 11.5 Å². The molecule has 0 radical (unpaired) electrons. The van der Waals surface area contributed by atoms with Crippen LogP contribution in [0.15, 0.2) is 48.5 Å². The number of rotatable bonds is 4. The van der Waals surface area contributed by atoms with E-state index in [1.54, 1.807) is 7.11 Å². The van der Waals surface area contributed by atoms with Gasteiger partial charge in [-0.25, -0.2) is 0 Å². The molecule has 0 fully saturated rings. The molecule has 0 saturated heterocycles. The Morgan fingerprint density at radius 1 is 1.06 bits per heavy atom. The average molecular weight is 238 g/mol. The van der Waals surface area contributed by atoms with Gasteiger partial charge in [0.25, 0.3) is 0 Å². The number of benzene rings is 2. The first-order chi connectivity index (χ1) is 8.83. The molecule has 0 aliphatic carbocycles. The van der Waals surface area contributed by atoms with E-state index < -0.39 is 0 Å². The van der Waals surface area contributed by atoms with Crippen LogP contribution in [0.4, 0.5) is 0 Å². The maximum Gasteiger partial charge on any atom is 0.162 e. The highest BCUT2D eigenvalue weighted by molar-refractivity contribution is 5.47. The third-order valence-corrected chi connectivity index (χ3v) is 2.57. The van der Waals surface area contributed by atoms with Crippen molar-refractivity contribution in [3.05, 3.63) is 59.7 Å². The number of terminal acetylenes is 1. The molecule has 0 heterocycles. The Bertz CT molecular complexity index is 553. The first-order valence-corrected chi connectivity index (χ1v) is 5.65. The lowest BCUT2D eigenvalue weighted by Crippen LogP contribution is -1.97. The van der Waals surface area contributed by atoms with Gasteiger partial charge in [0, 0.05) is 5.56 Å². The number of methoxy groups -OCH3 is 1. The molecule has 2 aromatic rings. The number of ether oxygens (including phenoxy) is 2. The monoisotopic (exact) mass is 238 g/mol. The third kappa shape index (κ3) is 2.83. The van der Waals surface area contributed by atoms with E-state index in [4.69, 9.17) is 15.9 Å². The first-order valence-electron chi connectivity index (χ1n) is 5.65. The summed E-state index contributed by atoms with van der Waals surface area (Å²) < 4.78 is 11.0. The molecule has 2 heteroatoms. The second kappa shape index (κ2) is 5.79. The van der Waals surface area contributed by atoms with Crippen molar-refractivity contribution in [2.75, 3.05) is 7.11 Å². The van der Waals surface area contributed by atoms with Crippen molar-refractivity contribution in [3.63, 3.8) is 0 Å². The van der Waals surface area contributed by atoms with Gasteiger partial charge in [-0.2, -0.15) is 0 Å². The maximum atomic E-state index is 5.74. The second-order valence-corrected chi connectivity index (χ2v) is 3.78. The van der Waals surface area contributed by atoms with Crippen molar-refractivity contribution < 1.29 is 9.47 Å². The summed E-state index contributed by atoms with van der Waals surface area (Å²) in [5.74, 6) is 3.93. The van der Waals surface area contributed by atoms with Gasteiger partial charge in [-0.05, 0) is 23.8 Å². The standard InChI is InChI=1S/C16H14O2/c1-3-13-9-10-15(17-2)16(11-13)18-12-14-7-5-4-6-8-14/h1,4-11H,12H2,2H3. The Balaban J connectivity index is 2.15. The second-order valence-electron chi connectivity index (χ2n) is 3.78. The quantitative estimate of drug-likeness (QED) is 0.761. The molecule has 0 spiro atoms. The van der Waals surface area contributed by atoms with Gasteiger partial charge in [0.1, 0.15) is 6.61 Å². The van der Waals surface area contributed by atoms with Crippen molar-refractivity contribution in [2.24, 2.45) is 0 Å². The summed E-state index contributed by atoms with van der Waals surface area (Å²) in [6.07, 6.45) is 5.37. The SMILES string of the molecule is C#Cc1ccc(OC)c(OCc2ccccc2)c1. The molecule has 0 N–H and O–H groups in total. The molecule has 2 rings (SSSR count). The molecular weight excluding hydrogens is 224 g/mol. The van der Waals surface area contributed by atoms with Crippen LogP contribution in [0.3, 0.4) is 0 Å². The highest BCUT2D eigenvalue weighted by Crippen LogP contribution is 2.28. The van der Waals surface area contributed by atoms with Gasteiger partial charge in [-0.3, -0.25) is 0 Å². The van der Waals surface area contributed by atoms with E-state index in [1.807, 2.05) is 48.5 Å². The largest absolute Gasteiger partial charge is 0.493 e. The zero-order valence-electron chi connectivity index (χ0n) is 10.2. The van der Waals surface area contributed by atoms with E-state index in [-0.39, 0.29) is 0 Å². The molecule has 0 bridgehead atoms. The molecule has 2 nitrogen and oxygen atoms in total. The van der Waals surface area contributed by atoms with Gasteiger partial charge in [-0.1, -0.05) is 36.3 Å². The maximum absolute atomic E-state index is 5.74. The van der Waals surface area contributed by atoms with E-state index in [0.717, 1.165) is 11.1 Å². The van der Waals surface area contributed by atoms with Gasteiger partial charge < -0.3 is 9.47 Å². The van der Waals surface area contributed by atoms with Gasteiger partial charge in [-0.15, -0.1) is 6.42 Å². The average Bonchev–Trinajstić information content (AvgIpc) is 2.45. The molecule has 90 valence electrons. The highest BCUT2D eigenvalue weighted by Gasteiger charge is 2.05. The fourth-order valence-corrected chi connectivity index (χ4v) is 1.61. The Morgan fingerprint density at radius 2 is 1.83 bits per heavy atom. The highest BCUT2D eigenvalue weighted by atomic mass is 16.5. The first kappa shape index (κ1) is 12.1. The minimum atomic E-state index is 0.491. The molecule has 0 aliphatic heterocycles. The van der Waals surface area contributed by atoms with Gasteiger partial charge >= 0.3 is 0 Å². The molecule has 0 saturated carbocycles. The summed E-state index contributed by atoms with van der Waals surface area (Å²) in [6, 6.07) is 15.4.